The number of rotatable bonds is 2. The number of carbonyl (C=O) groups is 1. The van der Waals surface area contributed by atoms with Crippen molar-refractivity contribution >= 4 is 5.97 Å². The number of aryl methyl sites for hydroxylation is 1. The Bertz CT molecular complexity index is 492. The van der Waals surface area contributed by atoms with E-state index in [1.54, 1.807) is 18.2 Å². The smallest absolute Gasteiger partial charge is 0.336 e. The van der Waals surface area contributed by atoms with Gasteiger partial charge < -0.3 is 10.2 Å². The molecule has 2 aromatic carbocycles. The molecule has 2 N–H and O–H groups in total. The molecule has 0 aliphatic rings. The number of aliphatic hydroxyl groups excluding tert-OH is 1. The van der Waals surface area contributed by atoms with Gasteiger partial charge in [-0.2, -0.15) is 0 Å². The number of hydrogen-bond donors (Lipinski definition) is 2. The van der Waals surface area contributed by atoms with Crippen LogP contribution in [0.25, 0.3) is 0 Å². The van der Waals surface area contributed by atoms with Gasteiger partial charge in [-0.15, -0.1) is 0 Å². The Hall–Kier alpha value is -2.13. The van der Waals surface area contributed by atoms with E-state index in [1.165, 1.54) is 11.6 Å². The topological polar surface area (TPSA) is 57.5 Å². The summed E-state index contributed by atoms with van der Waals surface area (Å²) < 4.78 is 0. The van der Waals surface area contributed by atoms with Crippen LogP contribution in [0, 0.1) is 6.92 Å². The van der Waals surface area contributed by atoms with Gasteiger partial charge in [0.15, 0.2) is 0 Å². The average molecular weight is 244 g/mol. The van der Waals surface area contributed by atoms with E-state index >= 15 is 0 Å². The first-order chi connectivity index (χ1) is 8.65. The Morgan fingerprint density at radius 3 is 1.94 bits per heavy atom. The van der Waals surface area contributed by atoms with Gasteiger partial charge in [0, 0.05) is 0 Å². The quantitative estimate of drug-likeness (QED) is 0.854. The molecule has 2 aromatic rings. The van der Waals surface area contributed by atoms with Gasteiger partial charge in [-0.1, -0.05) is 54.1 Å². The van der Waals surface area contributed by atoms with Gasteiger partial charge in [0.05, 0.1) is 12.2 Å². The highest BCUT2D eigenvalue weighted by atomic mass is 16.4. The Labute approximate surface area is 106 Å². The Balaban J connectivity index is 0.000000199. The molecule has 2 rings (SSSR count). The van der Waals surface area contributed by atoms with Crippen LogP contribution in [-0.4, -0.2) is 16.2 Å². The molecule has 3 heteroatoms. The van der Waals surface area contributed by atoms with Crippen molar-refractivity contribution in [2.75, 3.05) is 0 Å². The van der Waals surface area contributed by atoms with E-state index in [4.69, 9.17) is 10.2 Å². The van der Waals surface area contributed by atoms with E-state index < -0.39 is 5.97 Å². The van der Waals surface area contributed by atoms with Crippen LogP contribution in [0.3, 0.4) is 0 Å². The fraction of sp³-hybridized carbons (Fsp3) is 0.133. The second-order valence-corrected chi connectivity index (χ2v) is 3.78. The summed E-state index contributed by atoms with van der Waals surface area (Å²) in [6.07, 6.45) is 0. The van der Waals surface area contributed by atoms with Gasteiger partial charge in [-0.3, -0.25) is 0 Å². The number of carboxylic acids is 1. The van der Waals surface area contributed by atoms with Gasteiger partial charge in [-0.25, -0.2) is 4.79 Å². The molecule has 0 atom stereocenters. The Morgan fingerprint density at radius 1 is 1.00 bits per heavy atom. The summed E-state index contributed by atoms with van der Waals surface area (Å²) in [7, 11) is 0. The van der Waals surface area contributed by atoms with E-state index in [-0.39, 0.29) is 12.2 Å². The monoisotopic (exact) mass is 244 g/mol. The molecule has 0 saturated heterocycles. The van der Waals surface area contributed by atoms with Gasteiger partial charge >= 0.3 is 5.97 Å². The lowest BCUT2D eigenvalue weighted by Crippen LogP contribution is -2.01. The minimum Gasteiger partial charge on any atom is -0.478 e. The zero-order chi connectivity index (χ0) is 13.4. The molecule has 18 heavy (non-hydrogen) atoms. The third-order valence-electron chi connectivity index (χ3n) is 2.36. The van der Waals surface area contributed by atoms with Gasteiger partial charge in [-0.05, 0) is 18.6 Å². The SMILES string of the molecule is Cc1ccccc1.O=C(O)c1ccccc1CO. The van der Waals surface area contributed by atoms with Crippen molar-refractivity contribution < 1.29 is 15.0 Å². The van der Waals surface area contributed by atoms with Crippen molar-refractivity contribution in [3.63, 3.8) is 0 Å². The van der Waals surface area contributed by atoms with Crippen LogP contribution in [0.2, 0.25) is 0 Å². The second kappa shape index (κ2) is 7.25. The first-order valence-electron chi connectivity index (χ1n) is 5.59. The normalized spacial score (nSPS) is 9.22. The van der Waals surface area contributed by atoms with Gasteiger partial charge in [0.25, 0.3) is 0 Å². The summed E-state index contributed by atoms with van der Waals surface area (Å²) >= 11 is 0. The maximum Gasteiger partial charge on any atom is 0.336 e. The number of aliphatic hydroxyl groups is 1. The minimum absolute atomic E-state index is 0.162. The second-order valence-electron chi connectivity index (χ2n) is 3.78. The molecule has 0 aliphatic heterocycles. The van der Waals surface area contributed by atoms with E-state index in [2.05, 4.69) is 19.1 Å². The predicted molar refractivity (Wildman–Crippen MR) is 70.5 cm³/mol. The molecular weight excluding hydrogens is 228 g/mol. The summed E-state index contributed by atoms with van der Waals surface area (Å²) in [4.78, 5) is 10.5. The van der Waals surface area contributed by atoms with Gasteiger partial charge in [0.1, 0.15) is 0 Å². The zero-order valence-corrected chi connectivity index (χ0v) is 10.2. The first-order valence-corrected chi connectivity index (χ1v) is 5.59. The molecule has 0 aliphatic carbocycles. The maximum atomic E-state index is 10.5. The molecule has 0 heterocycles. The highest BCUT2D eigenvalue weighted by Crippen LogP contribution is 2.07. The van der Waals surface area contributed by atoms with Crippen molar-refractivity contribution in [2.24, 2.45) is 0 Å². The lowest BCUT2D eigenvalue weighted by molar-refractivity contribution is 0.0693. The standard InChI is InChI=1S/C8H8O3.C7H8/c9-5-6-3-1-2-4-7(6)8(10)11;1-7-5-3-2-4-6-7/h1-4,9H,5H2,(H,10,11);2-6H,1H3. The van der Waals surface area contributed by atoms with E-state index in [9.17, 15) is 4.79 Å². The van der Waals surface area contributed by atoms with Crippen LogP contribution in [0.5, 0.6) is 0 Å². The van der Waals surface area contributed by atoms with Crippen LogP contribution >= 0.6 is 0 Å². The van der Waals surface area contributed by atoms with Crippen molar-refractivity contribution in [2.45, 2.75) is 13.5 Å². The van der Waals surface area contributed by atoms with Crippen molar-refractivity contribution in [1.82, 2.24) is 0 Å². The third kappa shape index (κ3) is 4.39. The third-order valence-corrected chi connectivity index (χ3v) is 2.36. The molecule has 0 spiro atoms. The van der Waals surface area contributed by atoms with Crippen LogP contribution in [0.4, 0.5) is 0 Å². The molecule has 0 amide bonds. The Morgan fingerprint density at radius 2 is 1.56 bits per heavy atom. The Kier molecular flexibility index (Phi) is 5.61. The summed E-state index contributed by atoms with van der Waals surface area (Å²) in [5.41, 5.74) is 1.93. The minimum atomic E-state index is -1.00. The van der Waals surface area contributed by atoms with Crippen LogP contribution in [-0.2, 0) is 6.61 Å². The summed E-state index contributed by atoms with van der Waals surface area (Å²) in [6.45, 7) is 1.85. The molecule has 94 valence electrons. The largest absolute Gasteiger partial charge is 0.478 e. The zero-order valence-electron chi connectivity index (χ0n) is 10.2. The fourth-order valence-corrected chi connectivity index (χ4v) is 1.40. The number of hydrogen-bond acceptors (Lipinski definition) is 2. The van der Waals surface area contributed by atoms with Crippen molar-refractivity contribution in [3.8, 4) is 0 Å². The molecule has 0 saturated carbocycles. The van der Waals surface area contributed by atoms with Crippen molar-refractivity contribution in [1.29, 1.82) is 0 Å². The summed E-state index contributed by atoms with van der Waals surface area (Å²) in [5.74, 6) is -1.00. The van der Waals surface area contributed by atoms with Gasteiger partial charge in [0.2, 0.25) is 0 Å². The lowest BCUT2D eigenvalue weighted by Gasteiger charge is -1.99. The highest BCUT2D eigenvalue weighted by Gasteiger charge is 2.06. The molecule has 0 bridgehead atoms. The molecule has 0 unspecified atom stereocenters. The highest BCUT2D eigenvalue weighted by molar-refractivity contribution is 5.89. The molecule has 0 radical (unpaired) electrons. The number of benzene rings is 2. The van der Waals surface area contributed by atoms with E-state index in [1.807, 2.05) is 18.2 Å². The number of carboxylic acid groups (broad SMARTS) is 1. The van der Waals surface area contributed by atoms with Crippen molar-refractivity contribution in [3.05, 3.63) is 71.3 Å². The molecular formula is C15H16O3. The average Bonchev–Trinajstić information content (AvgIpc) is 2.40. The predicted octanol–water partition coefficient (Wildman–Crippen LogP) is 2.87. The maximum absolute atomic E-state index is 10.5. The molecule has 0 aromatic heterocycles. The molecule has 3 nitrogen and oxygen atoms in total. The number of aromatic carboxylic acids is 1. The molecule has 0 fully saturated rings. The fourth-order valence-electron chi connectivity index (χ4n) is 1.40. The summed E-state index contributed by atoms with van der Waals surface area (Å²) in [5, 5.41) is 17.3. The first kappa shape index (κ1) is 13.9. The van der Waals surface area contributed by atoms with Crippen LogP contribution in [0.15, 0.2) is 54.6 Å². The van der Waals surface area contributed by atoms with Crippen LogP contribution in [0.1, 0.15) is 21.5 Å². The summed E-state index contributed by atoms with van der Waals surface area (Å²) in [6, 6.07) is 16.6. The van der Waals surface area contributed by atoms with E-state index in [0.29, 0.717) is 5.56 Å². The van der Waals surface area contributed by atoms with Crippen LogP contribution < -0.4 is 0 Å². The van der Waals surface area contributed by atoms with E-state index in [0.717, 1.165) is 0 Å². The lowest BCUT2D eigenvalue weighted by atomic mass is 10.1.